The maximum Gasteiger partial charge on any atom is 0.138 e. The van der Waals surface area contributed by atoms with Crippen LogP contribution in [-0.2, 0) is 6.54 Å². The van der Waals surface area contributed by atoms with E-state index in [1.54, 1.807) is 12.4 Å². The minimum absolute atomic E-state index is 0.603. The molecule has 0 aromatic carbocycles. The number of pyridine rings is 1. The smallest absolute Gasteiger partial charge is 0.138 e. The molecule has 0 bridgehead atoms. The molecule has 3 N–H and O–H groups in total. The summed E-state index contributed by atoms with van der Waals surface area (Å²) >= 11 is 3.40. The highest BCUT2D eigenvalue weighted by Gasteiger charge is 2.10. The Morgan fingerprint density at radius 1 is 1.41 bits per heavy atom. The van der Waals surface area contributed by atoms with Crippen molar-refractivity contribution in [2.75, 3.05) is 11.1 Å². The Balaban J connectivity index is 2.18. The first-order valence-electron chi connectivity index (χ1n) is 5.14. The lowest BCUT2D eigenvalue weighted by Crippen LogP contribution is -2.05. The molecule has 0 aliphatic heterocycles. The maximum absolute atomic E-state index is 5.84. The second kappa shape index (κ2) is 4.75. The van der Waals surface area contributed by atoms with Crippen LogP contribution in [0.5, 0.6) is 0 Å². The number of nitrogens with two attached hydrogens (primary N) is 1. The normalized spacial score (nSPS) is 10.5. The van der Waals surface area contributed by atoms with E-state index < -0.39 is 0 Å². The minimum atomic E-state index is 0.603. The van der Waals surface area contributed by atoms with E-state index in [9.17, 15) is 0 Å². The molecule has 0 amide bonds. The molecule has 0 saturated carbocycles. The molecule has 2 aromatic rings. The summed E-state index contributed by atoms with van der Waals surface area (Å²) in [5.41, 5.74) is 9.22. The molecule has 0 fully saturated rings. The van der Waals surface area contributed by atoms with Gasteiger partial charge in [0.2, 0.25) is 0 Å². The number of nitrogens with one attached hydrogen (secondary N) is 1. The van der Waals surface area contributed by atoms with Gasteiger partial charge in [-0.05, 0) is 29.8 Å². The fourth-order valence-corrected chi connectivity index (χ4v) is 2.05. The Bertz CT molecular complexity index is 499. The van der Waals surface area contributed by atoms with Crippen molar-refractivity contribution in [3.8, 4) is 0 Å². The zero-order valence-electron chi connectivity index (χ0n) is 9.62. The van der Waals surface area contributed by atoms with E-state index >= 15 is 0 Å². The molecule has 2 rings (SSSR count). The van der Waals surface area contributed by atoms with E-state index in [1.165, 1.54) is 0 Å². The lowest BCUT2D eigenvalue weighted by molar-refractivity contribution is 0.392. The zero-order valence-corrected chi connectivity index (χ0v) is 11.2. The van der Waals surface area contributed by atoms with Crippen LogP contribution in [0.1, 0.15) is 17.0 Å². The molecule has 6 heteroatoms. The molecule has 0 unspecified atom stereocenters. The van der Waals surface area contributed by atoms with Crippen molar-refractivity contribution < 1.29 is 4.52 Å². The van der Waals surface area contributed by atoms with Crippen LogP contribution < -0.4 is 11.1 Å². The van der Waals surface area contributed by atoms with E-state index in [2.05, 4.69) is 31.4 Å². The molecule has 90 valence electrons. The quantitative estimate of drug-likeness (QED) is 0.910. The largest absolute Gasteiger partial charge is 0.396 e. The van der Waals surface area contributed by atoms with Crippen LogP contribution in [0.4, 0.5) is 11.4 Å². The van der Waals surface area contributed by atoms with Crippen LogP contribution in [0.2, 0.25) is 0 Å². The van der Waals surface area contributed by atoms with Gasteiger partial charge in [0.15, 0.2) is 0 Å². The molecule has 17 heavy (non-hydrogen) atoms. The van der Waals surface area contributed by atoms with Gasteiger partial charge in [-0.2, -0.15) is 0 Å². The van der Waals surface area contributed by atoms with Crippen LogP contribution in [0.25, 0.3) is 0 Å². The average Bonchev–Trinajstić information content (AvgIpc) is 2.59. The summed E-state index contributed by atoms with van der Waals surface area (Å²) in [6.45, 7) is 4.43. The van der Waals surface area contributed by atoms with E-state index in [4.69, 9.17) is 10.3 Å². The molecule has 0 radical (unpaired) electrons. The third-order valence-electron chi connectivity index (χ3n) is 2.55. The van der Waals surface area contributed by atoms with Gasteiger partial charge in [0.1, 0.15) is 5.76 Å². The molecule has 0 atom stereocenters. The molecule has 2 heterocycles. The number of anilines is 2. The number of aromatic nitrogens is 2. The highest BCUT2D eigenvalue weighted by atomic mass is 79.9. The van der Waals surface area contributed by atoms with Crippen molar-refractivity contribution >= 4 is 27.3 Å². The van der Waals surface area contributed by atoms with Gasteiger partial charge in [-0.15, -0.1) is 0 Å². The molecule has 0 saturated heterocycles. The van der Waals surface area contributed by atoms with Crippen molar-refractivity contribution in [2.45, 2.75) is 20.4 Å². The van der Waals surface area contributed by atoms with E-state index in [1.807, 2.05) is 13.8 Å². The fraction of sp³-hybridized carbons (Fsp3) is 0.273. The topological polar surface area (TPSA) is 77.0 Å². The van der Waals surface area contributed by atoms with Gasteiger partial charge in [-0.3, -0.25) is 4.98 Å². The number of hydrogen-bond acceptors (Lipinski definition) is 5. The van der Waals surface area contributed by atoms with Crippen LogP contribution >= 0.6 is 15.9 Å². The average molecular weight is 297 g/mol. The number of hydrogen-bond donors (Lipinski definition) is 2. The monoisotopic (exact) mass is 296 g/mol. The Morgan fingerprint density at radius 2 is 2.18 bits per heavy atom. The summed E-state index contributed by atoms with van der Waals surface area (Å²) in [4.78, 5) is 3.98. The summed E-state index contributed by atoms with van der Waals surface area (Å²) in [6, 6.07) is 0. The van der Waals surface area contributed by atoms with E-state index in [0.29, 0.717) is 12.2 Å². The van der Waals surface area contributed by atoms with Crippen molar-refractivity contribution in [2.24, 2.45) is 0 Å². The summed E-state index contributed by atoms with van der Waals surface area (Å²) < 4.78 is 5.94. The van der Waals surface area contributed by atoms with E-state index in [0.717, 1.165) is 27.2 Å². The molecule has 0 aliphatic carbocycles. The van der Waals surface area contributed by atoms with Crippen LogP contribution in [-0.4, -0.2) is 10.1 Å². The molecule has 2 aromatic heterocycles. The van der Waals surface area contributed by atoms with Gasteiger partial charge in [-0.25, -0.2) is 0 Å². The summed E-state index contributed by atoms with van der Waals surface area (Å²) in [6.07, 6.45) is 3.31. The van der Waals surface area contributed by atoms with Crippen LogP contribution in [0, 0.1) is 13.8 Å². The summed E-state index contributed by atoms with van der Waals surface area (Å²) in [5.74, 6) is 0.818. The van der Waals surface area contributed by atoms with Crippen molar-refractivity contribution in [1.82, 2.24) is 10.1 Å². The number of rotatable bonds is 3. The first kappa shape index (κ1) is 11.9. The van der Waals surface area contributed by atoms with Gasteiger partial charge in [-0.1, -0.05) is 5.16 Å². The minimum Gasteiger partial charge on any atom is -0.396 e. The van der Waals surface area contributed by atoms with Gasteiger partial charge in [0.05, 0.1) is 27.7 Å². The lowest BCUT2D eigenvalue weighted by atomic mass is 10.2. The van der Waals surface area contributed by atoms with Crippen LogP contribution in [0.15, 0.2) is 21.4 Å². The Morgan fingerprint density at radius 3 is 2.76 bits per heavy atom. The Kier molecular flexibility index (Phi) is 3.33. The molecular formula is C11H13BrN4O. The van der Waals surface area contributed by atoms with Gasteiger partial charge in [0.25, 0.3) is 0 Å². The summed E-state index contributed by atoms with van der Waals surface area (Å²) in [7, 11) is 0. The van der Waals surface area contributed by atoms with Crippen molar-refractivity contribution in [1.29, 1.82) is 0 Å². The van der Waals surface area contributed by atoms with Gasteiger partial charge in [0, 0.05) is 18.3 Å². The predicted molar refractivity (Wildman–Crippen MR) is 69.7 cm³/mol. The van der Waals surface area contributed by atoms with Crippen molar-refractivity contribution in [3.63, 3.8) is 0 Å². The third-order valence-corrected chi connectivity index (χ3v) is 3.15. The van der Waals surface area contributed by atoms with Gasteiger partial charge < -0.3 is 15.6 Å². The number of aryl methyl sites for hydroxylation is 2. The second-order valence-corrected chi connectivity index (χ2v) is 4.60. The molecule has 5 nitrogen and oxygen atoms in total. The SMILES string of the molecule is Cc1noc(C)c1CNc1c(N)cncc1Br. The zero-order chi connectivity index (χ0) is 12.4. The number of halogens is 1. The standard InChI is InChI=1S/C11H13BrN4O/c1-6-8(7(2)17-16-6)3-15-11-9(12)4-14-5-10(11)13/h4-5H,3,13H2,1-2H3,(H,14,15). The molecular weight excluding hydrogens is 284 g/mol. The second-order valence-electron chi connectivity index (χ2n) is 3.74. The Hall–Kier alpha value is -1.56. The highest BCUT2D eigenvalue weighted by molar-refractivity contribution is 9.10. The third kappa shape index (κ3) is 2.41. The van der Waals surface area contributed by atoms with Crippen LogP contribution in [0.3, 0.4) is 0 Å². The maximum atomic E-state index is 5.84. The first-order chi connectivity index (χ1) is 8.09. The fourth-order valence-electron chi connectivity index (χ4n) is 1.57. The van der Waals surface area contributed by atoms with Crippen molar-refractivity contribution in [3.05, 3.63) is 33.9 Å². The summed E-state index contributed by atoms with van der Waals surface area (Å²) in [5, 5.41) is 7.16. The highest BCUT2D eigenvalue weighted by Crippen LogP contribution is 2.28. The predicted octanol–water partition coefficient (Wildman–Crippen LogP) is 2.64. The first-order valence-corrected chi connectivity index (χ1v) is 5.93. The molecule has 0 spiro atoms. The van der Waals surface area contributed by atoms with Gasteiger partial charge >= 0.3 is 0 Å². The number of nitrogen functional groups attached to an aromatic ring is 1. The lowest BCUT2D eigenvalue weighted by Gasteiger charge is -2.10. The number of nitrogens with zero attached hydrogens (tertiary/aromatic N) is 2. The van der Waals surface area contributed by atoms with E-state index in [-0.39, 0.29) is 0 Å². The molecule has 0 aliphatic rings. The Labute approximate surface area is 108 Å².